The highest BCUT2D eigenvalue weighted by molar-refractivity contribution is 5.10. The van der Waals surface area contributed by atoms with Crippen LogP contribution in [0.3, 0.4) is 0 Å². The number of nitrogens with two attached hydrogens (primary N) is 1. The Morgan fingerprint density at radius 1 is 1.57 bits per heavy atom. The van der Waals surface area contributed by atoms with E-state index in [9.17, 15) is 5.11 Å². The number of aliphatic hydroxyl groups excluding tert-OH is 1. The molecule has 0 aliphatic heterocycles. The third-order valence-electron chi connectivity index (χ3n) is 2.21. The zero-order valence-electron chi connectivity index (χ0n) is 8.90. The summed E-state index contributed by atoms with van der Waals surface area (Å²) < 4.78 is 5.01. The van der Waals surface area contributed by atoms with E-state index in [4.69, 9.17) is 10.2 Å². The maximum absolute atomic E-state index is 9.86. The van der Waals surface area contributed by atoms with Crippen LogP contribution in [0.1, 0.15) is 37.8 Å². The fourth-order valence-corrected chi connectivity index (χ4v) is 1.47. The molecule has 0 spiro atoms. The van der Waals surface area contributed by atoms with E-state index < -0.39 is 6.10 Å². The van der Waals surface area contributed by atoms with Crippen LogP contribution in [-0.2, 0) is 0 Å². The van der Waals surface area contributed by atoms with E-state index in [1.165, 1.54) is 6.39 Å². The maximum atomic E-state index is 9.86. The van der Waals surface area contributed by atoms with Crippen molar-refractivity contribution in [2.24, 2.45) is 11.7 Å². The summed E-state index contributed by atoms with van der Waals surface area (Å²) in [6.07, 6.45) is 1.37. The lowest BCUT2D eigenvalue weighted by molar-refractivity contribution is 0.130. The van der Waals surface area contributed by atoms with Gasteiger partial charge >= 0.3 is 0 Å². The van der Waals surface area contributed by atoms with Gasteiger partial charge in [0.1, 0.15) is 17.6 Å². The number of aliphatic hydroxyl groups is 1. The zero-order valence-corrected chi connectivity index (χ0v) is 8.90. The lowest BCUT2D eigenvalue weighted by atomic mass is 9.98. The summed E-state index contributed by atoms with van der Waals surface area (Å²) in [5.74, 6) is 1.10. The molecule has 0 bridgehead atoms. The first-order valence-corrected chi connectivity index (χ1v) is 4.86. The Labute approximate surface area is 84.1 Å². The second-order valence-corrected chi connectivity index (χ2v) is 4.03. The van der Waals surface area contributed by atoms with Crippen molar-refractivity contribution in [3.05, 3.63) is 17.8 Å². The van der Waals surface area contributed by atoms with Crippen LogP contribution in [0.5, 0.6) is 0 Å². The predicted molar refractivity (Wildman–Crippen MR) is 53.6 cm³/mol. The van der Waals surface area contributed by atoms with Gasteiger partial charge < -0.3 is 15.3 Å². The predicted octanol–water partition coefficient (Wildman–Crippen LogP) is 1.39. The van der Waals surface area contributed by atoms with E-state index in [1.54, 1.807) is 6.92 Å². The van der Waals surface area contributed by atoms with Gasteiger partial charge in [-0.1, -0.05) is 13.8 Å². The average Bonchev–Trinajstić information content (AvgIpc) is 2.48. The minimum Gasteiger partial charge on any atom is -0.448 e. The number of hydrogen-bond donors (Lipinski definition) is 2. The molecule has 1 heterocycles. The van der Waals surface area contributed by atoms with Gasteiger partial charge in [-0.3, -0.25) is 0 Å². The summed E-state index contributed by atoms with van der Waals surface area (Å²) in [5, 5.41) is 9.86. The second kappa shape index (κ2) is 4.57. The molecule has 1 aromatic rings. The molecule has 2 unspecified atom stereocenters. The molecule has 0 aliphatic carbocycles. The molecule has 80 valence electrons. The molecule has 0 radical (unpaired) electrons. The van der Waals surface area contributed by atoms with Gasteiger partial charge in [-0.05, 0) is 19.3 Å². The van der Waals surface area contributed by atoms with Crippen molar-refractivity contribution >= 4 is 0 Å². The number of aryl methyl sites for hydroxylation is 1. The minimum atomic E-state index is -0.726. The van der Waals surface area contributed by atoms with Gasteiger partial charge in [0.2, 0.25) is 0 Å². The Bertz CT molecular complexity index is 283. The molecule has 0 saturated heterocycles. The minimum absolute atomic E-state index is 0.279. The van der Waals surface area contributed by atoms with Crippen molar-refractivity contribution in [3.63, 3.8) is 0 Å². The molecule has 0 fully saturated rings. The highest BCUT2D eigenvalue weighted by atomic mass is 16.3. The van der Waals surface area contributed by atoms with Crippen molar-refractivity contribution in [2.75, 3.05) is 0 Å². The van der Waals surface area contributed by atoms with Gasteiger partial charge in [0.15, 0.2) is 6.39 Å². The molecular formula is C10H18N2O2. The molecule has 0 saturated carbocycles. The van der Waals surface area contributed by atoms with E-state index in [1.807, 2.05) is 0 Å². The number of aromatic nitrogens is 1. The smallest absolute Gasteiger partial charge is 0.181 e. The number of hydrogen-bond acceptors (Lipinski definition) is 4. The SMILES string of the molecule is Cc1ocnc1C(O)C(N)CC(C)C. The summed E-state index contributed by atoms with van der Waals surface area (Å²) in [5.41, 5.74) is 6.40. The lowest BCUT2D eigenvalue weighted by Crippen LogP contribution is -2.30. The Hall–Kier alpha value is -0.870. The van der Waals surface area contributed by atoms with Gasteiger partial charge in [-0.2, -0.15) is 0 Å². The van der Waals surface area contributed by atoms with Gasteiger partial charge in [-0.15, -0.1) is 0 Å². The largest absolute Gasteiger partial charge is 0.448 e. The molecule has 3 N–H and O–H groups in total. The van der Waals surface area contributed by atoms with Crippen molar-refractivity contribution in [3.8, 4) is 0 Å². The standard InChI is InChI=1S/C10H18N2O2/c1-6(2)4-8(11)10(13)9-7(3)14-5-12-9/h5-6,8,10,13H,4,11H2,1-3H3. The van der Waals surface area contributed by atoms with Crippen LogP contribution in [0.4, 0.5) is 0 Å². The van der Waals surface area contributed by atoms with Crippen molar-refractivity contribution in [1.29, 1.82) is 0 Å². The van der Waals surface area contributed by atoms with Crippen LogP contribution in [0, 0.1) is 12.8 Å². The van der Waals surface area contributed by atoms with E-state index in [0.29, 0.717) is 17.4 Å². The van der Waals surface area contributed by atoms with Crippen molar-refractivity contribution in [2.45, 2.75) is 39.3 Å². The second-order valence-electron chi connectivity index (χ2n) is 4.03. The Morgan fingerprint density at radius 3 is 2.64 bits per heavy atom. The Morgan fingerprint density at radius 2 is 2.21 bits per heavy atom. The fourth-order valence-electron chi connectivity index (χ4n) is 1.47. The zero-order chi connectivity index (χ0) is 10.7. The first-order valence-electron chi connectivity index (χ1n) is 4.86. The summed E-state index contributed by atoms with van der Waals surface area (Å²) >= 11 is 0. The van der Waals surface area contributed by atoms with Crippen LogP contribution in [0.2, 0.25) is 0 Å². The lowest BCUT2D eigenvalue weighted by Gasteiger charge is -2.19. The first-order chi connectivity index (χ1) is 6.52. The molecule has 0 aromatic carbocycles. The third-order valence-corrected chi connectivity index (χ3v) is 2.21. The van der Waals surface area contributed by atoms with Crippen LogP contribution in [0.25, 0.3) is 0 Å². The Balaban J connectivity index is 2.65. The molecule has 4 nitrogen and oxygen atoms in total. The summed E-state index contributed by atoms with van der Waals surface area (Å²) in [6.45, 7) is 5.91. The van der Waals surface area contributed by atoms with Crippen LogP contribution >= 0.6 is 0 Å². The Kier molecular flexibility index (Phi) is 3.66. The van der Waals surface area contributed by atoms with Crippen LogP contribution < -0.4 is 5.73 Å². The number of oxazole rings is 1. The molecule has 4 heteroatoms. The van der Waals surface area contributed by atoms with E-state index in [2.05, 4.69) is 18.8 Å². The molecule has 1 aromatic heterocycles. The topological polar surface area (TPSA) is 72.3 Å². The molecule has 1 rings (SSSR count). The van der Waals surface area contributed by atoms with Crippen molar-refractivity contribution in [1.82, 2.24) is 4.98 Å². The van der Waals surface area contributed by atoms with E-state index in [-0.39, 0.29) is 6.04 Å². The first kappa shape index (κ1) is 11.2. The molecule has 0 aliphatic rings. The van der Waals surface area contributed by atoms with Gasteiger partial charge in [-0.25, -0.2) is 4.98 Å². The maximum Gasteiger partial charge on any atom is 0.181 e. The number of nitrogens with zero attached hydrogens (tertiary/aromatic N) is 1. The normalized spacial score (nSPS) is 15.9. The van der Waals surface area contributed by atoms with Crippen LogP contribution in [-0.4, -0.2) is 16.1 Å². The third kappa shape index (κ3) is 2.56. The summed E-state index contributed by atoms with van der Waals surface area (Å²) in [4.78, 5) is 3.95. The van der Waals surface area contributed by atoms with Gasteiger partial charge in [0.05, 0.1) is 0 Å². The monoisotopic (exact) mass is 198 g/mol. The summed E-state index contributed by atoms with van der Waals surface area (Å²) in [6, 6.07) is -0.279. The van der Waals surface area contributed by atoms with Crippen molar-refractivity contribution < 1.29 is 9.52 Å². The van der Waals surface area contributed by atoms with Crippen LogP contribution in [0.15, 0.2) is 10.8 Å². The molecule has 2 atom stereocenters. The molecule has 14 heavy (non-hydrogen) atoms. The highest BCUT2D eigenvalue weighted by Crippen LogP contribution is 2.21. The highest BCUT2D eigenvalue weighted by Gasteiger charge is 2.22. The summed E-state index contributed by atoms with van der Waals surface area (Å²) in [7, 11) is 0. The number of rotatable bonds is 4. The quantitative estimate of drug-likeness (QED) is 0.766. The molecule has 0 amide bonds. The average molecular weight is 198 g/mol. The van der Waals surface area contributed by atoms with E-state index >= 15 is 0 Å². The van der Waals surface area contributed by atoms with E-state index in [0.717, 1.165) is 6.42 Å². The van der Waals surface area contributed by atoms with Gasteiger partial charge in [0.25, 0.3) is 0 Å². The molecular weight excluding hydrogens is 180 g/mol. The van der Waals surface area contributed by atoms with Gasteiger partial charge in [0, 0.05) is 6.04 Å². The fraction of sp³-hybridized carbons (Fsp3) is 0.700.